The Kier molecular flexibility index (Phi) is 4.17. The molecule has 0 unspecified atom stereocenters. The van der Waals surface area contributed by atoms with Crippen LogP contribution >= 0.6 is 0 Å². The zero-order chi connectivity index (χ0) is 16.5. The predicted molar refractivity (Wildman–Crippen MR) is 91.0 cm³/mol. The van der Waals surface area contributed by atoms with E-state index in [2.05, 4.69) is 10.2 Å². The lowest BCUT2D eigenvalue weighted by molar-refractivity contribution is 0.0670. The Morgan fingerprint density at radius 3 is 3.08 bits per heavy atom. The molecule has 3 heterocycles. The molecule has 5 heteroatoms. The topological polar surface area (TPSA) is 62.1 Å². The average Bonchev–Trinajstić information content (AvgIpc) is 3.21. The van der Waals surface area contributed by atoms with E-state index in [1.807, 2.05) is 17.9 Å². The lowest BCUT2D eigenvalue weighted by Crippen LogP contribution is -2.41. The van der Waals surface area contributed by atoms with Crippen molar-refractivity contribution in [3.63, 3.8) is 0 Å². The third kappa shape index (κ3) is 2.87. The first-order valence-electron chi connectivity index (χ1n) is 9.11. The summed E-state index contributed by atoms with van der Waals surface area (Å²) in [6.07, 6.45) is 9.30. The Hall–Kier alpha value is -2.04. The number of amides is 1. The molecule has 0 saturated carbocycles. The van der Waals surface area contributed by atoms with Gasteiger partial charge in [0.25, 0.3) is 5.91 Å². The van der Waals surface area contributed by atoms with E-state index in [0.29, 0.717) is 5.92 Å². The van der Waals surface area contributed by atoms with Gasteiger partial charge in [0, 0.05) is 37.0 Å². The highest BCUT2D eigenvalue weighted by molar-refractivity contribution is 5.97. The number of likely N-dealkylation sites (tertiary alicyclic amines) is 1. The van der Waals surface area contributed by atoms with Crippen molar-refractivity contribution >= 4 is 5.91 Å². The average molecular weight is 327 g/mol. The number of carbonyl (C=O) groups is 1. The van der Waals surface area contributed by atoms with Crippen LogP contribution in [-0.4, -0.2) is 34.1 Å². The highest BCUT2D eigenvalue weighted by Crippen LogP contribution is 2.31. The van der Waals surface area contributed by atoms with Crippen LogP contribution < -0.4 is 0 Å². The van der Waals surface area contributed by atoms with Crippen molar-refractivity contribution < 1.29 is 9.21 Å². The number of piperidine rings is 1. The number of furan rings is 1. The van der Waals surface area contributed by atoms with Crippen LogP contribution in [0.3, 0.4) is 0 Å². The highest BCUT2D eigenvalue weighted by Gasteiger charge is 2.31. The maximum absolute atomic E-state index is 13.1. The van der Waals surface area contributed by atoms with Crippen LogP contribution in [0.2, 0.25) is 0 Å². The van der Waals surface area contributed by atoms with Gasteiger partial charge in [0.1, 0.15) is 11.5 Å². The number of H-pyrrole nitrogens is 1. The normalized spacial score (nSPS) is 20.9. The molecule has 0 bridgehead atoms. The maximum Gasteiger partial charge on any atom is 0.257 e. The molecule has 1 aliphatic carbocycles. The van der Waals surface area contributed by atoms with Crippen LogP contribution in [0.4, 0.5) is 0 Å². The zero-order valence-electron chi connectivity index (χ0n) is 14.3. The van der Waals surface area contributed by atoms with Gasteiger partial charge < -0.3 is 9.32 Å². The van der Waals surface area contributed by atoms with Crippen molar-refractivity contribution in [1.82, 2.24) is 15.1 Å². The Bertz CT molecular complexity index is 717. The van der Waals surface area contributed by atoms with Crippen molar-refractivity contribution in [3.8, 4) is 0 Å². The first-order valence-corrected chi connectivity index (χ1v) is 9.11. The molecule has 128 valence electrons. The fourth-order valence-corrected chi connectivity index (χ4v) is 4.27. The number of fused-ring (bicyclic) bond motifs is 1. The Morgan fingerprint density at radius 2 is 2.25 bits per heavy atom. The van der Waals surface area contributed by atoms with Gasteiger partial charge in [-0.1, -0.05) is 0 Å². The quantitative estimate of drug-likeness (QED) is 0.941. The smallest absolute Gasteiger partial charge is 0.257 e. The Labute approximate surface area is 142 Å². The minimum atomic E-state index is 0.175. The van der Waals surface area contributed by atoms with Gasteiger partial charge in [-0.05, 0) is 57.4 Å². The van der Waals surface area contributed by atoms with E-state index in [4.69, 9.17) is 4.42 Å². The van der Waals surface area contributed by atoms with Gasteiger partial charge in [0.05, 0.1) is 5.56 Å². The van der Waals surface area contributed by atoms with Gasteiger partial charge in [0.15, 0.2) is 0 Å². The third-order valence-electron chi connectivity index (χ3n) is 5.43. The zero-order valence-corrected chi connectivity index (χ0v) is 14.3. The minimum absolute atomic E-state index is 0.175. The Balaban J connectivity index is 1.51. The van der Waals surface area contributed by atoms with E-state index >= 15 is 0 Å². The number of aromatic nitrogens is 2. The highest BCUT2D eigenvalue weighted by atomic mass is 16.3. The summed E-state index contributed by atoms with van der Waals surface area (Å²) < 4.78 is 5.90. The molecular weight excluding hydrogens is 302 g/mol. The van der Waals surface area contributed by atoms with Crippen molar-refractivity contribution in [3.05, 3.63) is 40.6 Å². The fraction of sp³-hybridized carbons (Fsp3) is 0.579. The molecule has 4 rings (SSSR count). The molecule has 24 heavy (non-hydrogen) atoms. The van der Waals surface area contributed by atoms with E-state index < -0.39 is 0 Å². The van der Waals surface area contributed by atoms with Gasteiger partial charge in [0.2, 0.25) is 0 Å². The first-order chi connectivity index (χ1) is 11.7. The van der Waals surface area contributed by atoms with E-state index in [9.17, 15) is 4.79 Å². The van der Waals surface area contributed by atoms with E-state index in [1.165, 1.54) is 18.4 Å². The molecule has 0 aromatic carbocycles. The van der Waals surface area contributed by atoms with Crippen molar-refractivity contribution in [1.29, 1.82) is 0 Å². The molecule has 2 aromatic heterocycles. The fourth-order valence-electron chi connectivity index (χ4n) is 4.27. The first kappa shape index (κ1) is 15.5. The number of nitrogens with one attached hydrogen (secondary N) is 1. The summed E-state index contributed by atoms with van der Waals surface area (Å²) in [5, 5.41) is 7.06. The van der Waals surface area contributed by atoms with Crippen LogP contribution in [0.25, 0.3) is 0 Å². The van der Waals surface area contributed by atoms with Crippen LogP contribution in [0.1, 0.15) is 58.8 Å². The number of hydrogen-bond acceptors (Lipinski definition) is 3. The second-order valence-electron chi connectivity index (χ2n) is 7.19. The summed E-state index contributed by atoms with van der Waals surface area (Å²) in [7, 11) is 0. The van der Waals surface area contributed by atoms with E-state index in [0.717, 1.165) is 68.0 Å². The number of carbonyl (C=O) groups excluding carboxylic acids is 1. The van der Waals surface area contributed by atoms with Gasteiger partial charge >= 0.3 is 0 Å². The summed E-state index contributed by atoms with van der Waals surface area (Å²) >= 11 is 0. The molecular formula is C19H25N3O2. The molecule has 0 spiro atoms. The number of rotatable bonds is 3. The van der Waals surface area contributed by atoms with Crippen molar-refractivity contribution in [2.24, 2.45) is 5.92 Å². The summed E-state index contributed by atoms with van der Waals surface area (Å²) in [6, 6.07) is 2.03. The molecule has 1 aliphatic heterocycles. The third-order valence-corrected chi connectivity index (χ3v) is 5.43. The summed E-state index contributed by atoms with van der Waals surface area (Å²) in [4.78, 5) is 15.2. The lowest BCUT2D eigenvalue weighted by atomic mass is 9.91. The molecule has 2 aromatic rings. The van der Waals surface area contributed by atoms with E-state index in [1.54, 1.807) is 6.20 Å². The number of nitrogens with zero attached hydrogens (tertiary/aromatic N) is 2. The summed E-state index contributed by atoms with van der Waals surface area (Å²) in [6.45, 7) is 3.63. The van der Waals surface area contributed by atoms with Crippen LogP contribution in [0.5, 0.6) is 0 Å². The summed E-state index contributed by atoms with van der Waals surface area (Å²) in [5.74, 6) is 2.54. The Morgan fingerprint density at radius 1 is 1.38 bits per heavy atom. The molecule has 2 aliphatic rings. The number of aromatic amines is 1. The van der Waals surface area contributed by atoms with Crippen LogP contribution in [0, 0.1) is 12.8 Å². The molecule has 1 atom stereocenters. The standard InChI is InChI=1S/C19H25N3O2/c1-13-18(16-6-2-3-7-17(16)24-13)19(23)22-10-4-5-14(12-22)11-15-8-9-20-21-15/h8-9,14H,2-7,10-12H2,1H3,(H,20,21)/t14-/m0/s1. The van der Waals surface area contributed by atoms with Gasteiger partial charge in [-0.15, -0.1) is 0 Å². The second kappa shape index (κ2) is 6.46. The number of hydrogen-bond donors (Lipinski definition) is 1. The predicted octanol–water partition coefficient (Wildman–Crippen LogP) is 3.28. The second-order valence-corrected chi connectivity index (χ2v) is 7.19. The lowest BCUT2D eigenvalue weighted by Gasteiger charge is -2.33. The maximum atomic E-state index is 13.1. The van der Waals surface area contributed by atoms with E-state index in [-0.39, 0.29) is 5.91 Å². The van der Waals surface area contributed by atoms with Crippen LogP contribution in [0.15, 0.2) is 16.7 Å². The molecule has 0 radical (unpaired) electrons. The molecule has 1 fully saturated rings. The monoisotopic (exact) mass is 327 g/mol. The largest absolute Gasteiger partial charge is 0.465 e. The minimum Gasteiger partial charge on any atom is -0.465 e. The van der Waals surface area contributed by atoms with Crippen molar-refractivity contribution in [2.75, 3.05) is 13.1 Å². The van der Waals surface area contributed by atoms with Gasteiger partial charge in [-0.2, -0.15) is 5.10 Å². The number of aryl methyl sites for hydroxylation is 2. The molecule has 5 nitrogen and oxygen atoms in total. The molecule has 1 amide bonds. The van der Waals surface area contributed by atoms with Gasteiger partial charge in [-0.3, -0.25) is 9.89 Å². The van der Waals surface area contributed by atoms with Gasteiger partial charge in [-0.25, -0.2) is 0 Å². The summed E-state index contributed by atoms with van der Waals surface area (Å²) in [5.41, 5.74) is 3.19. The SMILES string of the molecule is Cc1oc2c(c1C(=O)N1CCC[C@@H](Cc3ccn[nH]3)C1)CCCC2. The molecule has 1 saturated heterocycles. The molecule has 1 N–H and O–H groups in total. The van der Waals surface area contributed by atoms with Crippen molar-refractivity contribution in [2.45, 2.75) is 51.9 Å². The van der Waals surface area contributed by atoms with Crippen LogP contribution in [-0.2, 0) is 19.3 Å².